The van der Waals surface area contributed by atoms with Gasteiger partial charge in [0, 0.05) is 17.5 Å². The van der Waals surface area contributed by atoms with E-state index in [1.807, 2.05) is 6.07 Å². The molecule has 18 heavy (non-hydrogen) atoms. The van der Waals surface area contributed by atoms with Crippen molar-refractivity contribution in [2.24, 2.45) is 5.41 Å². The van der Waals surface area contributed by atoms with Gasteiger partial charge in [-0.2, -0.15) is 0 Å². The molecule has 2 atom stereocenters. The lowest BCUT2D eigenvalue weighted by molar-refractivity contribution is 0.0977. The lowest BCUT2D eigenvalue weighted by Crippen LogP contribution is -2.27. The van der Waals surface area contributed by atoms with Gasteiger partial charge < -0.3 is 9.67 Å². The Morgan fingerprint density at radius 1 is 1.61 bits per heavy atom. The van der Waals surface area contributed by atoms with Crippen molar-refractivity contribution in [1.29, 1.82) is 0 Å². The lowest BCUT2D eigenvalue weighted by atomic mass is 9.75. The van der Waals surface area contributed by atoms with Crippen LogP contribution in [0.15, 0.2) is 12.3 Å². The largest absolute Gasteiger partial charge is 0.388 e. The highest BCUT2D eigenvalue weighted by molar-refractivity contribution is 5.30. The first-order valence-electron chi connectivity index (χ1n) is 6.82. The van der Waals surface area contributed by atoms with E-state index in [0.717, 1.165) is 31.2 Å². The van der Waals surface area contributed by atoms with Crippen LogP contribution >= 0.6 is 0 Å². The number of fused-ring (bicyclic) bond motifs is 1. The summed E-state index contributed by atoms with van der Waals surface area (Å²) in [4.78, 5) is 0. The summed E-state index contributed by atoms with van der Waals surface area (Å²) >= 11 is 0. The van der Waals surface area contributed by atoms with Crippen LogP contribution in [0.2, 0.25) is 0 Å². The van der Waals surface area contributed by atoms with Crippen molar-refractivity contribution in [1.82, 2.24) is 4.57 Å². The van der Waals surface area contributed by atoms with Gasteiger partial charge in [0.25, 0.3) is 0 Å². The van der Waals surface area contributed by atoms with E-state index in [-0.39, 0.29) is 17.6 Å². The monoisotopic (exact) mass is 245 g/mol. The van der Waals surface area contributed by atoms with Gasteiger partial charge >= 0.3 is 0 Å². The third-order valence-corrected chi connectivity index (χ3v) is 3.90. The molecule has 2 rings (SSSR count). The third-order valence-electron chi connectivity index (χ3n) is 3.90. The standard InChI is InChI=1S/C16H23NO/c1-5-7-12(6-2)17-9-8-13-14(17)10-16(3,4)11-15(13)18/h2,8-9,12,15,18H,5,7,10-11H2,1,3-4H3. The van der Waals surface area contributed by atoms with Crippen molar-refractivity contribution >= 4 is 0 Å². The number of terminal acetylenes is 1. The molecular formula is C16H23NO. The summed E-state index contributed by atoms with van der Waals surface area (Å²) < 4.78 is 2.20. The van der Waals surface area contributed by atoms with Gasteiger partial charge in [-0.15, -0.1) is 6.42 Å². The molecular weight excluding hydrogens is 222 g/mol. The Balaban J connectivity index is 2.39. The first kappa shape index (κ1) is 13.2. The van der Waals surface area contributed by atoms with E-state index >= 15 is 0 Å². The van der Waals surface area contributed by atoms with Gasteiger partial charge in [0.15, 0.2) is 0 Å². The lowest BCUT2D eigenvalue weighted by Gasteiger charge is -2.34. The maximum atomic E-state index is 10.2. The quantitative estimate of drug-likeness (QED) is 0.810. The van der Waals surface area contributed by atoms with Crippen molar-refractivity contribution in [2.75, 3.05) is 0 Å². The molecule has 0 aliphatic heterocycles. The van der Waals surface area contributed by atoms with Crippen LogP contribution in [-0.2, 0) is 6.42 Å². The topological polar surface area (TPSA) is 25.2 Å². The third kappa shape index (κ3) is 2.33. The summed E-state index contributed by atoms with van der Waals surface area (Å²) in [6.45, 7) is 6.57. The molecule has 0 radical (unpaired) electrons. The second kappa shape index (κ2) is 4.82. The average molecular weight is 245 g/mol. The fraction of sp³-hybridized carbons (Fsp3) is 0.625. The summed E-state index contributed by atoms with van der Waals surface area (Å²) in [7, 11) is 0. The molecule has 0 bridgehead atoms. The van der Waals surface area contributed by atoms with E-state index in [4.69, 9.17) is 6.42 Å². The van der Waals surface area contributed by atoms with E-state index in [2.05, 4.69) is 37.5 Å². The van der Waals surface area contributed by atoms with Crippen LogP contribution in [0.1, 0.15) is 63.4 Å². The molecule has 1 aliphatic carbocycles. The molecule has 1 heterocycles. The molecule has 0 aromatic carbocycles. The molecule has 98 valence electrons. The molecule has 0 fully saturated rings. The number of hydrogen-bond acceptors (Lipinski definition) is 1. The van der Waals surface area contributed by atoms with Crippen molar-refractivity contribution < 1.29 is 5.11 Å². The zero-order valence-electron chi connectivity index (χ0n) is 11.6. The second-order valence-electron chi connectivity index (χ2n) is 6.16. The number of hydrogen-bond donors (Lipinski definition) is 1. The molecule has 2 nitrogen and oxygen atoms in total. The fourth-order valence-corrected chi connectivity index (χ4v) is 3.02. The maximum absolute atomic E-state index is 10.2. The van der Waals surface area contributed by atoms with Gasteiger partial charge in [-0.05, 0) is 30.7 Å². The molecule has 1 aromatic heterocycles. The molecule has 0 amide bonds. The number of aliphatic hydroxyl groups is 1. The van der Waals surface area contributed by atoms with Crippen molar-refractivity contribution in [3.63, 3.8) is 0 Å². The summed E-state index contributed by atoms with van der Waals surface area (Å²) in [6, 6.07) is 2.16. The number of rotatable bonds is 3. The normalized spacial score (nSPS) is 23.2. The summed E-state index contributed by atoms with van der Waals surface area (Å²) in [6.07, 6.45) is 11.3. The number of aliphatic hydroxyl groups excluding tert-OH is 1. The van der Waals surface area contributed by atoms with Gasteiger partial charge in [0.05, 0.1) is 12.1 Å². The van der Waals surface area contributed by atoms with Crippen LogP contribution < -0.4 is 0 Å². The highest BCUT2D eigenvalue weighted by atomic mass is 16.3. The van der Waals surface area contributed by atoms with E-state index < -0.39 is 0 Å². The number of nitrogens with zero attached hydrogens (tertiary/aromatic N) is 1. The molecule has 1 aromatic rings. The number of aromatic nitrogens is 1. The van der Waals surface area contributed by atoms with Crippen LogP contribution in [0.25, 0.3) is 0 Å². The average Bonchev–Trinajstić information content (AvgIpc) is 2.68. The van der Waals surface area contributed by atoms with E-state index in [1.54, 1.807) is 0 Å². The summed E-state index contributed by atoms with van der Waals surface area (Å²) in [5.41, 5.74) is 2.45. The fourth-order valence-electron chi connectivity index (χ4n) is 3.02. The smallest absolute Gasteiger partial charge is 0.0941 e. The first-order valence-corrected chi connectivity index (χ1v) is 6.82. The van der Waals surface area contributed by atoms with Gasteiger partial charge in [-0.3, -0.25) is 0 Å². The highest BCUT2D eigenvalue weighted by Gasteiger charge is 2.33. The molecule has 0 saturated carbocycles. The minimum absolute atomic E-state index is 0.125. The highest BCUT2D eigenvalue weighted by Crippen LogP contribution is 2.42. The Kier molecular flexibility index (Phi) is 3.54. The predicted octanol–water partition coefficient (Wildman–Crippen LogP) is 3.47. The summed E-state index contributed by atoms with van der Waals surface area (Å²) in [5.74, 6) is 2.88. The van der Waals surface area contributed by atoms with E-state index in [0.29, 0.717) is 0 Å². The Morgan fingerprint density at radius 2 is 2.33 bits per heavy atom. The van der Waals surface area contributed by atoms with Crippen LogP contribution in [0.4, 0.5) is 0 Å². The Hall–Kier alpha value is -1.20. The first-order chi connectivity index (χ1) is 8.48. The molecule has 1 aliphatic rings. The second-order valence-corrected chi connectivity index (χ2v) is 6.16. The molecule has 2 unspecified atom stereocenters. The van der Waals surface area contributed by atoms with Gasteiger partial charge in [-0.1, -0.05) is 33.1 Å². The predicted molar refractivity (Wildman–Crippen MR) is 74.3 cm³/mol. The zero-order chi connectivity index (χ0) is 13.3. The van der Waals surface area contributed by atoms with Crippen LogP contribution in [0.5, 0.6) is 0 Å². The Labute approximate surface area is 110 Å². The Bertz CT molecular complexity index is 464. The van der Waals surface area contributed by atoms with Crippen LogP contribution in [0.3, 0.4) is 0 Å². The van der Waals surface area contributed by atoms with Gasteiger partial charge in [0.1, 0.15) is 0 Å². The van der Waals surface area contributed by atoms with Crippen molar-refractivity contribution in [3.8, 4) is 12.3 Å². The van der Waals surface area contributed by atoms with Crippen molar-refractivity contribution in [2.45, 2.75) is 58.6 Å². The molecule has 1 N–H and O–H groups in total. The minimum atomic E-state index is -0.343. The van der Waals surface area contributed by atoms with Crippen molar-refractivity contribution in [3.05, 3.63) is 23.5 Å². The van der Waals surface area contributed by atoms with Crippen LogP contribution in [0, 0.1) is 17.8 Å². The van der Waals surface area contributed by atoms with E-state index in [9.17, 15) is 5.11 Å². The Morgan fingerprint density at radius 3 is 2.94 bits per heavy atom. The molecule has 2 heteroatoms. The summed E-state index contributed by atoms with van der Waals surface area (Å²) in [5, 5.41) is 10.2. The zero-order valence-corrected chi connectivity index (χ0v) is 11.6. The minimum Gasteiger partial charge on any atom is -0.388 e. The molecule has 0 saturated heterocycles. The van der Waals surface area contributed by atoms with Gasteiger partial charge in [0.2, 0.25) is 0 Å². The maximum Gasteiger partial charge on any atom is 0.0941 e. The molecule has 0 spiro atoms. The van der Waals surface area contributed by atoms with Crippen LogP contribution in [-0.4, -0.2) is 9.67 Å². The van der Waals surface area contributed by atoms with Gasteiger partial charge in [-0.25, -0.2) is 0 Å². The van der Waals surface area contributed by atoms with E-state index in [1.165, 1.54) is 5.69 Å². The SMILES string of the molecule is C#CC(CCC)n1ccc2c1CC(C)(C)CC2O.